The molecular formula is C14H16N2O2. The molecule has 0 spiro atoms. The number of aryl methyl sites for hydroxylation is 1. The van der Waals surface area contributed by atoms with E-state index >= 15 is 0 Å². The topological polar surface area (TPSA) is 42.3 Å². The van der Waals surface area contributed by atoms with Crippen LogP contribution in [-0.2, 0) is 6.54 Å². The lowest BCUT2D eigenvalue weighted by molar-refractivity contribution is 0.0829. The van der Waals surface area contributed by atoms with Crippen molar-refractivity contribution in [3.05, 3.63) is 46.4 Å². The second-order valence-corrected chi connectivity index (χ2v) is 4.41. The highest BCUT2D eigenvalue weighted by Gasteiger charge is 2.12. The molecule has 1 aromatic heterocycles. The van der Waals surface area contributed by atoms with Crippen molar-refractivity contribution >= 4 is 16.7 Å². The highest BCUT2D eigenvalue weighted by atomic mass is 16.2. The van der Waals surface area contributed by atoms with Gasteiger partial charge in [0.15, 0.2) is 0 Å². The van der Waals surface area contributed by atoms with Crippen molar-refractivity contribution in [1.29, 1.82) is 0 Å². The molecule has 4 nitrogen and oxygen atoms in total. The third kappa shape index (κ3) is 2.01. The van der Waals surface area contributed by atoms with Crippen molar-refractivity contribution in [2.45, 2.75) is 13.5 Å². The third-order valence-electron chi connectivity index (χ3n) is 2.96. The van der Waals surface area contributed by atoms with Crippen molar-refractivity contribution in [2.75, 3.05) is 14.1 Å². The van der Waals surface area contributed by atoms with E-state index in [2.05, 4.69) is 0 Å². The molecule has 0 saturated carbocycles. The van der Waals surface area contributed by atoms with Gasteiger partial charge in [0.2, 0.25) is 0 Å². The average molecular weight is 244 g/mol. The van der Waals surface area contributed by atoms with Crippen LogP contribution in [0.15, 0.2) is 35.3 Å². The van der Waals surface area contributed by atoms with E-state index in [1.807, 2.05) is 13.0 Å². The Morgan fingerprint density at radius 2 is 2.06 bits per heavy atom. The predicted molar refractivity (Wildman–Crippen MR) is 71.9 cm³/mol. The lowest BCUT2D eigenvalue weighted by Gasteiger charge is -2.13. The van der Waals surface area contributed by atoms with Gasteiger partial charge in [-0.1, -0.05) is 12.1 Å². The van der Waals surface area contributed by atoms with Crippen molar-refractivity contribution in [3.8, 4) is 0 Å². The van der Waals surface area contributed by atoms with Crippen LogP contribution in [0, 0.1) is 0 Å². The van der Waals surface area contributed by atoms with Gasteiger partial charge in [0.05, 0.1) is 0 Å². The monoisotopic (exact) mass is 244 g/mol. The van der Waals surface area contributed by atoms with Crippen molar-refractivity contribution < 1.29 is 4.79 Å². The highest BCUT2D eigenvalue weighted by molar-refractivity contribution is 6.06. The van der Waals surface area contributed by atoms with Crippen LogP contribution in [0.4, 0.5) is 0 Å². The van der Waals surface area contributed by atoms with Gasteiger partial charge >= 0.3 is 0 Å². The molecule has 2 rings (SSSR count). The maximum Gasteiger partial charge on any atom is 0.254 e. The summed E-state index contributed by atoms with van der Waals surface area (Å²) in [5, 5.41) is 1.62. The zero-order valence-corrected chi connectivity index (χ0v) is 10.8. The molecule has 0 fully saturated rings. The first-order valence-electron chi connectivity index (χ1n) is 5.89. The molecule has 0 bridgehead atoms. The maximum atomic E-state index is 12.1. The van der Waals surface area contributed by atoms with E-state index in [4.69, 9.17) is 0 Å². The molecule has 0 aliphatic rings. The Labute approximate surface area is 105 Å². The largest absolute Gasteiger partial charge is 0.345 e. The van der Waals surface area contributed by atoms with Gasteiger partial charge in [0.25, 0.3) is 11.5 Å². The van der Waals surface area contributed by atoms with E-state index in [9.17, 15) is 9.59 Å². The highest BCUT2D eigenvalue weighted by Crippen LogP contribution is 2.18. The van der Waals surface area contributed by atoms with Gasteiger partial charge in [-0.3, -0.25) is 9.59 Å². The van der Waals surface area contributed by atoms with E-state index in [-0.39, 0.29) is 11.5 Å². The van der Waals surface area contributed by atoms with Crippen LogP contribution in [0.5, 0.6) is 0 Å². The fraction of sp³-hybridized carbons (Fsp3) is 0.286. The SMILES string of the molecule is CCn1cc2c(C(=O)N(C)C)cccc2cc1=O. The van der Waals surface area contributed by atoms with Crippen LogP contribution in [0.1, 0.15) is 17.3 Å². The van der Waals surface area contributed by atoms with Gasteiger partial charge in [0.1, 0.15) is 0 Å². The molecule has 0 radical (unpaired) electrons. The van der Waals surface area contributed by atoms with E-state index in [1.54, 1.807) is 43.1 Å². The molecule has 1 aromatic carbocycles. The second-order valence-electron chi connectivity index (χ2n) is 4.41. The number of pyridine rings is 1. The molecule has 1 amide bonds. The van der Waals surface area contributed by atoms with Gasteiger partial charge in [-0.15, -0.1) is 0 Å². The summed E-state index contributed by atoms with van der Waals surface area (Å²) in [5.41, 5.74) is 0.583. The van der Waals surface area contributed by atoms with E-state index < -0.39 is 0 Å². The van der Waals surface area contributed by atoms with Crippen LogP contribution >= 0.6 is 0 Å². The normalized spacial score (nSPS) is 10.6. The molecule has 0 saturated heterocycles. The summed E-state index contributed by atoms with van der Waals surface area (Å²) >= 11 is 0. The Balaban J connectivity index is 2.76. The van der Waals surface area contributed by atoms with Gasteiger partial charge in [-0.25, -0.2) is 0 Å². The molecular weight excluding hydrogens is 228 g/mol. The number of hydrogen-bond acceptors (Lipinski definition) is 2. The molecule has 94 valence electrons. The molecule has 0 aliphatic carbocycles. The van der Waals surface area contributed by atoms with E-state index in [0.29, 0.717) is 12.1 Å². The number of carbonyl (C=O) groups excluding carboxylic acids is 1. The first-order chi connectivity index (χ1) is 8.54. The van der Waals surface area contributed by atoms with Crippen LogP contribution in [0.25, 0.3) is 10.8 Å². The summed E-state index contributed by atoms with van der Waals surface area (Å²) in [4.78, 5) is 25.4. The van der Waals surface area contributed by atoms with E-state index in [1.165, 1.54) is 4.90 Å². The number of rotatable bonds is 2. The molecule has 4 heteroatoms. The minimum Gasteiger partial charge on any atom is -0.345 e. The lowest BCUT2D eigenvalue weighted by atomic mass is 10.1. The first-order valence-corrected chi connectivity index (χ1v) is 5.89. The Hall–Kier alpha value is -2.10. The molecule has 0 unspecified atom stereocenters. The number of hydrogen-bond donors (Lipinski definition) is 0. The van der Waals surface area contributed by atoms with Gasteiger partial charge < -0.3 is 9.47 Å². The van der Waals surface area contributed by atoms with Crippen LogP contribution in [0.2, 0.25) is 0 Å². The summed E-state index contributed by atoms with van der Waals surface area (Å²) in [6, 6.07) is 7.01. The molecule has 0 atom stereocenters. The standard InChI is InChI=1S/C14H16N2O2/c1-4-16-9-12-10(8-13(16)17)6-5-7-11(12)14(18)15(2)3/h5-9H,4H2,1-3H3. The maximum absolute atomic E-state index is 12.1. The summed E-state index contributed by atoms with van der Waals surface area (Å²) < 4.78 is 1.61. The number of fused-ring (bicyclic) bond motifs is 1. The summed E-state index contributed by atoms with van der Waals surface area (Å²) in [6.45, 7) is 2.50. The molecule has 1 heterocycles. The lowest BCUT2D eigenvalue weighted by Crippen LogP contribution is -2.23. The van der Waals surface area contributed by atoms with Gasteiger partial charge in [-0.2, -0.15) is 0 Å². The third-order valence-corrected chi connectivity index (χ3v) is 2.96. The molecule has 0 aliphatic heterocycles. The smallest absolute Gasteiger partial charge is 0.254 e. The molecule has 2 aromatic rings. The number of benzene rings is 1. The van der Waals surface area contributed by atoms with Gasteiger partial charge in [0, 0.05) is 43.9 Å². The second kappa shape index (κ2) is 4.64. The zero-order chi connectivity index (χ0) is 13.3. The quantitative estimate of drug-likeness (QED) is 0.807. The number of amides is 1. The molecule has 0 N–H and O–H groups in total. The molecule has 18 heavy (non-hydrogen) atoms. The van der Waals surface area contributed by atoms with Crippen LogP contribution < -0.4 is 5.56 Å². The Bertz CT molecular complexity index is 656. The Morgan fingerprint density at radius 3 is 2.67 bits per heavy atom. The fourth-order valence-corrected chi connectivity index (χ4v) is 1.96. The summed E-state index contributed by atoms with van der Waals surface area (Å²) in [6.07, 6.45) is 1.76. The Morgan fingerprint density at radius 1 is 1.33 bits per heavy atom. The van der Waals surface area contributed by atoms with E-state index in [0.717, 1.165) is 10.8 Å². The Kier molecular flexibility index (Phi) is 3.19. The average Bonchev–Trinajstić information content (AvgIpc) is 2.36. The van der Waals surface area contributed by atoms with Gasteiger partial charge in [-0.05, 0) is 18.4 Å². The minimum atomic E-state index is -0.0538. The van der Waals surface area contributed by atoms with Crippen LogP contribution in [0.3, 0.4) is 0 Å². The van der Waals surface area contributed by atoms with Crippen molar-refractivity contribution in [2.24, 2.45) is 0 Å². The minimum absolute atomic E-state index is 0.0422. The van der Waals surface area contributed by atoms with Crippen LogP contribution in [-0.4, -0.2) is 29.5 Å². The summed E-state index contributed by atoms with van der Waals surface area (Å²) in [5.74, 6) is -0.0538. The van der Waals surface area contributed by atoms with Crippen molar-refractivity contribution in [3.63, 3.8) is 0 Å². The first kappa shape index (κ1) is 12.4. The number of nitrogens with zero attached hydrogens (tertiary/aromatic N) is 2. The number of aromatic nitrogens is 1. The number of carbonyl (C=O) groups is 1. The predicted octanol–water partition coefficient (Wildman–Crippen LogP) is 1.72. The van der Waals surface area contributed by atoms with Crippen molar-refractivity contribution in [1.82, 2.24) is 9.47 Å². The fourth-order valence-electron chi connectivity index (χ4n) is 1.96. The summed E-state index contributed by atoms with van der Waals surface area (Å²) in [7, 11) is 3.44. The zero-order valence-electron chi connectivity index (χ0n) is 10.8.